The summed E-state index contributed by atoms with van der Waals surface area (Å²) in [4.78, 5) is 23.6. The lowest BCUT2D eigenvalue weighted by Gasteiger charge is -2.11. The molecule has 4 heteroatoms. The van der Waals surface area contributed by atoms with Crippen molar-refractivity contribution in [3.63, 3.8) is 0 Å². The maximum Gasteiger partial charge on any atom is 0.246 e. The number of rotatable bonds is 1. The van der Waals surface area contributed by atoms with Crippen LogP contribution in [0.15, 0.2) is 0 Å². The van der Waals surface area contributed by atoms with Gasteiger partial charge in [0.2, 0.25) is 11.8 Å². The van der Waals surface area contributed by atoms with Crippen LogP contribution in [0.2, 0.25) is 0 Å². The molecule has 2 amide bonds. The maximum absolute atomic E-state index is 11.2. The lowest BCUT2D eigenvalue weighted by atomic mass is 10.3. The van der Waals surface area contributed by atoms with Gasteiger partial charge in [-0.25, -0.2) is 0 Å². The summed E-state index contributed by atoms with van der Waals surface area (Å²) < 4.78 is 0. The second-order valence-electron chi connectivity index (χ2n) is 3.14. The first-order chi connectivity index (χ1) is 5.20. The molecule has 1 heterocycles. The highest BCUT2D eigenvalue weighted by molar-refractivity contribution is 6.05. The minimum atomic E-state index is -0.567. The van der Waals surface area contributed by atoms with Crippen LogP contribution >= 0.6 is 0 Å². The Morgan fingerprint density at radius 3 is 2.36 bits per heavy atom. The van der Waals surface area contributed by atoms with Gasteiger partial charge < -0.3 is 5.73 Å². The lowest BCUT2D eigenvalue weighted by Crippen LogP contribution is -2.36. The van der Waals surface area contributed by atoms with Crippen molar-refractivity contribution in [3.8, 4) is 0 Å². The number of imide groups is 1. The number of likely N-dealkylation sites (tertiary alicyclic amines) is 1. The van der Waals surface area contributed by atoms with E-state index in [1.807, 2.05) is 0 Å². The number of amides is 2. The van der Waals surface area contributed by atoms with Gasteiger partial charge in [0.1, 0.15) is 0 Å². The molecular weight excluding hydrogens is 144 g/mol. The van der Waals surface area contributed by atoms with E-state index in [1.54, 1.807) is 0 Å². The van der Waals surface area contributed by atoms with E-state index in [-0.39, 0.29) is 24.3 Å². The first-order valence-corrected chi connectivity index (χ1v) is 3.81. The fraction of sp³-hybridized carbons (Fsp3) is 0.714. The average Bonchev–Trinajstić information content (AvgIpc) is 2.68. The van der Waals surface area contributed by atoms with Crippen molar-refractivity contribution >= 4 is 11.8 Å². The molecule has 2 fully saturated rings. The zero-order chi connectivity index (χ0) is 8.01. The van der Waals surface area contributed by atoms with Gasteiger partial charge in [-0.05, 0) is 12.8 Å². The molecule has 60 valence electrons. The maximum atomic E-state index is 11.2. The Kier molecular flexibility index (Phi) is 1.26. The molecule has 1 aliphatic heterocycles. The SMILES string of the molecule is NC1CC(=O)N(C2CC2)C1=O. The van der Waals surface area contributed by atoms with E-state index in [0.717, 1.165) is 12.8 Å². The van der Waals surface area contributed by atoms with Gasteiger partial charge in [0.25, 0.3) is 0 Å². The molecule has 0 aromatic carbocycles. The number of nitrogens with two attached hydrogens (primary N) is 1. The molecule has 1 atom stereocenters. The predicted octanol–water partition coefficient (Wildman–Crippen LogP) is -0.765. The topological polar surface area (TPSA) is 63.4 Å². The Hall–Kier alpha value is -0.900. The summed E-state index contributed by atoms with van der Waals surface area (Å²) in [5.74, 6) is -0.275. The minimum absolute atomic E-state index is 0.0926. The van der Waals surface area contributed by atoms with Gasteiger partial charge in [-0.15, -0.1) is 0 Å². The number of hydrogen-bond donors (Lipinski definition) is 1. The van der Waals surface area contributed by atoms with Crippen LogP contribution in [0.1, 0.15) is 19.3 Å². The van der Waals surface area contributed by atoms with Crippen LogP contribution in [-0.2, 0) is 9.59 Å². The van der Waals surface area contributed by atoms with E-state index in [1.165, 1.54) is 4.90 Å². The normalized spacial score (nSPS) is 31.7. The molecule has 0 bridgehead atoms. The van der Waals surface area contributed by atoms with Crippen molar-refractivity contribution < 1.29 is 9.59 Å². The summed E-state index contributed by atoms with van der Waals surface area (Å²) in [5.41, 5.74) is 5.41. The molecule has 1 saturated heterocycles. The summed E-state index contributed by atoms with van der Waals surface area (Å²) in [6.45, 7) is 0. The first kappa shape index (κ1) is 6.79. The van der Waals surface area contributed by atoms with Gasteiger partial charge in [0.15, 0.2) is 0 Å². The Balaban J connectivity index is 2.17. The highest BCUT2D eigenvalue weighted by Gasteiger charge is 2.44. The third-order valence-corrected chi connectivity index (χ3v) is 2.13. The third-order valence-electron chi connectivity index (χ3n) is 2.13. The van der Waals surface area contributed by atoms with Crippen molar-refractivity contribution in [2.45, 2.75) is 31.3 Å². The van der Waals surface area contributed by atoms with Gasteiger partial charge in [-0.1, -0.05) is 0 Å². The van der Waals surface area contributed by atoms with Gasteiger partial charge >= 0.3 is 0 Å². The van der Waals surface area contributed by atoms with Gasteiger partial charge in [-0.2, -0.15) is 0 Å². The van der Waals surface area contributed by atoms with Crippen molar-refractivity contribution in [1.29, 1.82) is 0 Å². The van der Waals surface area contributed by atoms with E-state index in [4.69, 9.17) is 5.73 Å². The summed E-state index contributed by atoms with van der Waals surface area (Å²) in [5, 5.41) is 0. The third kappa shape index (κ3) is 0.939. The van der Waals surface area contributed by atoms with Crippen LogP contribution in [0.3, 0.4) is 0 Å². The number of carbonyl (C=O) groups excluding carboxylic acids is 2. The van der Waals surface area contributed by atoms with Crippen LogP contribution in [-0.4, -0.2) is 28.8 Å². The average molecular weight is 154 g/mol. The summed E-state index contributed by atoms with van der Waals surface area (Å²) >= 11 is 0. The largest absolute Gasteiger partial charge is 0.319 e. The molecule has 1 unspecified atom stereocenters. The molecule has 1 aliphatic carbocycles. The molecule has 0 aromatic rings. The molecule has 0 radical (unpaired) electrons. The van der Waals surface area contributed by atoms with Crippen molar-refractivity contribution in [1.82, 2.24) is 4.90 Å². The smallest absolute Gasteiger partial charge is 0.246 e. The fourth-order valence-electron chi connectivity index (χ4n) is 1.39. The molecule has 2 N–H and O–H groups in total. The fourth-order valence-corrected chi connectivity index (χ4v) is 1.39. The van der Waals surface area contributed by atoms with Gasteiger partial charge in [0.05, 0.1) is 12.5 Å². The molecule has 11 heavy (non-hydrogen) atoms. The van der Waals surface area contributed by atoms with Gasteiger partial charge in [-0.3, -0.25) is 14.5 Å². The van der Waals surface area contributed by atoms with Crippen molar-refractivity contribution in [2.24, 2.45) is 5.73 Å². The van der Waals surface area contributed by atoms with Crippen molar-refractivity contribution in [3.05, 3.63) is 0 Å². The second-order valence-corrected chi connectivity index (χ2v) is 3.14. The van der Waals surface area contributed by atoms with E-state index < -0.39 is 6.04 Å². The molecule has 4 nitrogen and oxygen atoms in total. The molecule has 0 spiro atoms. The first-order valence-electron chi connectivity index (χ1n) is 3.81. The summed E-state index contributed by atoms with van der Waals surface area (Å²) in [7, 11) is 0. The molecule has 1 saturated carbocycles. The predicted molar refractivity (Wildman–Crippen MR) is 37.5 cm³/mol. The van der Waals surface area contributed by atoms with E-state index >= 15 is 0 Å². The Morgan fingerprint density at radius 1 is 1.36 bits per heavy atom. The summed E-state index contributed by atoms with van der Waals surface area (Å²) in [6.07, 6.45) is 2.13. The highest BCUT2D eigenvalue weighted by atomic mass is 16.2. The van der Waals surface area contributed by atoms with Crippen LogP contribution < -0.4 is 5.73 Å². The van der Waals surface area contributed by atoms with Crippen molar-refractivity contribution in [2.75, 3.05) is 0 Å². The number of carbonyl (C=O) groups is 2. The quantitative estimate of drug-likeness (QED) is 0.505. The molecular formula is C7H10N2O2. The highest BCUT2D eigenvalue weighted by Crippen LogP contribution is 2.30. The molecule has 0 aromatic heterocycles. The Labute approximate surface area is 64.3 Å². The number of hydrogen-bond acceptors (Lipinski definition) is 3. The monoisotopic (exact) mass is 154 g/mol. The zero-order valence-electron chi connectivity index (χ0n) is 6.12. The lowest BCUT2D eigenvalue weighted by molar-refractivity contribution is -0.139. The van der Waals surface area contributed by atoms with E-state index in [9.17, 15) is 9.59 Å². The van der Waals surface area contributed by atoms with Gasteiger partial charge in [0, 0.05) is 6.04 Å². The molecule has 2 rings (SSSR count). The minimum Gasteiger partial charge on any atom is -0.319 e. The van der Waals surface area contributed by atoms with Crippen LogP contribution in [0.4, 0.5) is 0 Å². The zero-order valence-corrected chi connectivity index (χ0v) is 6.12. The van der Waals surface area contributed by atoms with E-state index in [2.05, 4.69) is 0 Å². The van der Waals surface area contributed by atoms with Crippen LogP contribution in [0.5, 0.6) is 0 Å². The Bertz CT molecular complexity index is 222. The second kappa shape index (κ2) is 2.04. The van der Waals surface area contributed by atoms with E-state index in [0.29, 0.717) is 0 Å². The molecule has 2 aliphatic rings. The summed E-state index contributed by atoms with van der Waals surface area (Å²) in [6, 6.07) is -0.383. The standard InChI is InChI=1S/C7H10N2O2/c8-5-3-6(10)9(7(5)11)4-1-2-4/h4-5H,1-3,8H2. The Morgan fingerprint density at radius 2 is 2.00 bits per heavy atom. The van der Waals surface area contributed by atoms with Crippen LogP contribution in [0.25, 0.3) is 0 Å². The number of nitrogens with zero attached hydrogens (tertiary/aromatic N) is 1. The van der Waals surface area contributed by atoms with Crippen LogP contribution in [0, 0.1) is 0 Å².